The van der Waals surface area contributed by atoms with E-state index in [1.807, 2.05) is 0 Å². The highest BCUT2D eigenvalue weighted by Gasteiger charge is 2.30. The van der Waals surface area contributed by atoms with Crippen molar-refractivity contribution in [2.24, 2.45) is 21.0 Å². The van der Waals surface area contributed by atoms with Gasteiger partial charge in [-0.3, -0.25) is 5.43 Å². The number of hydrogen-bond donors (Lipinski definition) is 1. The van der Waals surface area contributed by atoms with Crippen molar-refractivity contribution in [3.63, 3.8) is 0 Å². The summed E-state index contributed by atoms with van der Waals surface area (Å²) in [5, 5.41) is 4.58. The van der Waals surface area contributed by atoms with Gasteiger partial charge in [0.25, 0.3) is 0 Å². The maximum atomic E-state index is 12.6. The predicted molar refractivity (Wildman–Crippen MR) is 62.3 cm³/mol. The second-order valence-corrected chi connectivity index (χ2v) is 4.49. The Labute approximate surface area is 99.8 Å². The number of rotatable bonds is 3. The number of nitrogens with zero attached hydrogens (tertiary/aromatic N) is 3. The summed E-state index contributed by atoms with van der Waals surface area (Å²) in [4.78, 5) is 8.09. The summed E-state index contributed by atoms with van der Waals surface area (Å²) in [6.07, 6.45) is 0.334. The molecule has 4 nitrogen and oxygen atoms in total. The first-order valence-electron chi connectivity index (χ1n) is 4.89. The summed E-state index contributed by atoms with van der Waals surface area (Å²) in [6, 6.07) is 0. The van der Waals surface area contributed by atoms with E-state index in [2.05, 4.69) is 20.5 Å². The van der Waals surface area contributed by atoms with Crippen LogP contribution in [0.2, 0.25) is 0 Å². The van der Waals surface area contributed by atoms with Crippen molar-refractivity contribution < 1.29 is 13.2 Å². The molecule has 0 saturated heterocycles. The molecule has 2 aliphatic rings. The van der Waals surface area contributed by atoms with E-state index in [-0.39, 0.29) is 24.3 Å². The Kier molecular flexibility index (Phi) is 3.82. The quantitative estimate of drug-likeness (QED) is 0.847. The minimum Gasteiger partial charge on any atom is -0.285 e. The Morgan fingerprint density at radius 1 is 1.41 bits per heavy atom. The normalized spacial score (nSPS) is 25.2. The predicted octanol–water partition coefficient (Wildman–Crippen LogP) is 2.16. The van der Waals surface area contributed by atoms with Gasteiger partial charge in [0, 0.05) is 18.4 Å². The average Bonchev–Trinajstić information content (AvgIpc) is 2.77. The molecule has 0 aliphatic carbocycles. The van der Waals surface area contributed by atoms with Gasteiger partial charge in [-0.25, -0.2) is 14.4 Å². The Bertz CT molecular complexity index is 414. The lowest BCUT2D eigenvalue weighted by molar-refractivity contribution is 0.373. The number of nitrogens with one attached hydrogen (secondary N) is 1. The Hall–Kier alpha value is -1.31. The SMILES string of the molecule is FC(F)=C(F)CCSC1=NC=NC2NN=CC12. The average molecular weight is 262 g/mol. The Balaban J connectivity index is 1.87. The summed E-state index contributed by atoms with van der Waals surface area (Å²) >= 11 is 1.24. The van der Waals surface area contributed by atoms with E-state index in [9.17, 15) is 13.2 Å². The molecule has 0 spiro atoms. The lowest BCUT2D eigenvalue weighted by Crippen LogP contribution is -2.32. The first-order valence-corrected chi connectivity index (χ1v) is 5.87. The van der Waals surface area contributed by atoms with Gasteiger partial charge in [0.2, 0.25) is 0 Å². The molecule has 2 aliphatic heterocycles. The standard InChI is InChI=1S/C9H9F3N4S/c10-6(7(11)12)1-2-17-9-5-3-15-16-8(5)13-4-14-9/h3-5,8,16H,1-2H2. The van der Waals surface area contributed by atoms with E-state index in [1.54, 1.807) is 6.21 Å². The van der Waals surface area contributed by atoms with E-state index in [0.717, 1.165) is 0 Å². The van der Waals surface area contributed by atoms with Crippen LogP contribution in [-0.4, -0.2) is 29.5 Å². The molecule has 92 valence electrons. The third-order valence-electron chi connectivity index (χ3n) is 2.26. The van der Waals surface area contributed by atoms with Crippen molar-refractivity contribution in [1.29, 1.82) is 0 Å². The molecule has 2 rings (SSSR count). The van der Waals surface area contributed by atoms with Gasteiger partial charge in [-0.05, 0) is 0 Å². The molecule has 0 amide bonds. The molecule has 17 heavy (non-hydrogen) atoms. The zero-order valence-corrected chi connectivity index (χ0v) is 9.42. The molecule has 0 aromatic carbocycles. The minimum atomic E-state index is -2.25. The summed E-state index contributed by atoms with van der Waals surface area (Å²) in [5.41, 5.74) is 2.78. The molecule has 0 fully saturated rings. The molecule has 0 radical (unpaired) electrons. The number of hydrazone groups is 1. The van der Waals surface area contributed by atoms with Gasteiger partial charge in [0.05, 0.1) is 11.0 Å². The van der Waals surface area contributed by atoms with Crippen LogP contribution in [0.25, 0.3) is 0 Å². The topological polar surface area (TPSA) is 49.1 Å². The number of halogens is 3. The van der Waals surface area contributed by atoms with E-state index in [1.165, 1.54) is 18.1 Å². The summed E-state index contributed by atoms with van der Waals surface area (Å²) in [7, 11) is 0. The van der Waals surface area contributed by atoms with Crippen molar-refractivity contribution in [1.82, 2.24) is 5.43 Å². The highest BCUT2D eigenvalue weighted by molar-refractivity contribution is 8.14. The fourth-order valence-corrected chi connectivity index (χ4v) is 2.40. The fourth-order valence-electron chi connectivity index (χ4n) is 1.41. The van der Waals surface area contributed by atoms with Crippen LogP contribution in [0.3, 0.4) is 0 Å². The van der Waals surface area contributed by atoms with Gasteiger partial charge in [-0.1, -0.05) is 0 Å². The van der Waals surface area contributed by atoms with Crippen LogP contribution in [-0.2, 0) is 0 Å². The lowest BCUT2D eigenvalue weighted by atomic mass is 10.1. The molecular weight excluding hydrogens is 253 g/mol. The van der Waals surface area contributed by atoms with Crippen LogP contribution >= 0.6 is 11.8 Å². The molecule has 0 aromatic rings. The smallest absolute Gasteiger partial charge is 0.285 e. The molecule has 0 aromatic heterocycles. The summed E-state index contributed by atoms with van der Waals surface area (Å²) in [5.74, 6) is -1.22. The summed E-state index contributed by atoms with van der Waals surface area (Å²) in [6.45, 7) is 0. The Morgan fingerprint density at radius 3 is 3.00 bits per heavy atom. The van der Waals surface area contributed by atoms with Gasteiger partial charge >= 0.3 is 6.08 Å². The van der Waals surface area contributed by atoms with E-state index < -0.39 is 11.9 Å². The van der Waals surface area contributed by atoms with Gasteiger partial charge in [-0.2, -0.15) is 13.9 Å². The van der Waals surface area contributed by atoms with Crippen LogP contribution < -0.4 is 5.43 Å². The molecule has 0 bridgehead atoms. The number of fused-ring (bicyclic) bond motifs is 1. The van der Waals surface area contributed by atoms with Crippen molar-refractivity contribution in [2.45, 2.75) is 12.6 Å². The minimum absolute atomic E-state index is 0.0766. The van der Waals surface area contributed by atoms with Crippen LogP contribution in [0.1, 0.15) is 6.42 Å². The van der Waals surface area contributed by atoms with Crippen LogP contribution in [0.15, 0.2) is 27.0 Å². The van der Waals surface area contributed by atoms with Crippen LogP contribution in [0, 0.1) is 5.92 Å². The molecule has 8 heteroatoms. The van der Waals surface area contributed by atoms with Gasteiger partial charge < -0.3 is 0 Å². The molecule has 0 saturated carbocycles. The van der Waals surface area contributed by atoms with Gasteiger partial charge in [0.15, 0.2) is 5.83 Å². The maximum Gasteiger partial charge on any atom is 0.301 e. The maximum absolute atomic E-state index is 12.6. The molecule has 1 N–H and O–H groups in total. The number of allylic oxidation sites excluding steroid dienone is 1. The largest absolute Gasteiger partial charge is 0.301 e. The molecule has 2 heterocycles. The Morgan fingerprint density at radius 2 is 2.24 bits per heavy atom. The van der Waals surface area contributed by atoms with E-state index in [0.29, 0.717) is 5.04 Å². The third kappa shape index (κ3) is 2.87. The zero-order valence-electron chi connectivity index (χ0n) is 8.61. The zero-order chi connectivity index (χ0) is 12.3. The molecule has 2 unspecified atom stereocenters. The van der Waals surface area contributed by atoms with Crippen molar-refractivity contribution in [3.05, 3.63) is 11.9 Å². The van der Waals surface area contributed by atoms with Crippen molar-refractivity contribution in [2.75, 3.05) is 5.75 Å². The summed E-state index contributed by atoms with van der Waals surface area (Å²) < 4.78 is 36.2. The lowest BCUT2D eigenvalue weighted by Gasteiger charge is -2.18. The van der Waals surface area contributed by atoms with Crippen LogP contribution in [0.4, 0.5) is 13.2 Å². The van der Waals surface area contributed by atoms with Crippen molar-refractivity contribution >= 4 is 29.4 Å². The monoisotopic (exact) mass is 262 g/mol. The number of thioether (sulfide) groups is 1. The molecular formula is C9H9F3N4S. The third-order valence-corrected chi connectivity index (χ3v) is 3.34. The van der Waals surface area contributed by atoms with Gasteiger partial charge in [0.1, 0.15) is 12.5 Å². The van der Waals surface area contributed by atoms with E-state index >= 15 is 0 Å². The fraction of sp³-hybridized carbons (Fsp3) is 0.444. The van der Waals surface area contributed by atoms with Crippen molar-refractivity contribution in [3.8, 4) is 0 Å². The number of hydrogen-bond acceptors (Lipinski definition) is 5. The highest BCUT2D eigenvalue weighted by atomic mass is 32.2. The number of aliphatic imine (C=N–C) groups is 2. The first-order chi connectivity index (χ1) is 8.18. The second kappa shape index (κ2) is 5.35. The molecule has 2 atom stereocenters. The van der Waals surface area contributed by atoms with E-state index in [4.69, 9.17) is 0 Å². The highest BCUT2D eigenvalue weighted by Crippen LogP contribution is 2.24. The second-order valence-electron chi connectivity index (χ2n) is 3.37. The first kappa shape index (κ1) is 12.2. The van der Waals surface area contributed by atoms with Gasteiger partial charge in [-0.15, -0.1) is 11.8 Å². The van der Waals surface area contributed by atoms with Crippen LogP contribution in [0.5, 0.6) is 0 Å².